The van der Waals surface area contributed by atoms with Gasteiger partial charge in [-0.2, -0.15) is 0 Å². The molecule has 0 saturated carbocycles. The molecule has 0 bridgehead atoms. The number of halogens is 2. The average Bonchev–Trinajstić information content (AvgIpc) is 2.44. The third kappa shape index (κ3) is 21.1. The van der Waals surface area contributed by atoms with E-state index >= 15 is 0 Å². The summed E-state index contributed by atoms with van der Waals surface area (Å²) in [4.78, 5) is 11.0. The zero-order valence-electron chi connectivity index (χ0n) is 17.0. The highest BCUT2D eigenvalue weighted by Gasteiger charge is 2.18. The minimum absolute atomic E-state index is 0. The first-order chi connectivity index (χ1) is 10.5. The van der Waals surface area contributed by atoms with Crippen LogP contribution in [0, 0.1) is 5.92 Å². The summed E-state index contributed by atoms with van der Waals surface area (Å²) in [7, 11) is 8.55. The summed E-state index contributed by atoms with van der Waals surface area (Å²) in [6, 6.07) is 0. The molecule has 1 N–H and O–H groups in total. The van der Waals surface area contributed by atoms with Crippen molar-refractivity contribution < 1.29 is 38.6 Å². The van der Waals surface area contributed by atoms with Gasteiger partial charge in [0, 0.05) is 5.92 Å². The maximum atomic E-state index is 11.0. The van der Waals surface area contributed by atoms with Gasteiger partial charge in [-0.3, -0.25) is 4.79 Å². The SMILES string of the molecule is C=CC(=O)NC[N+](C)(C)CC(C)CC.C=CC[N+](C)(C)CC=C.[Cl-].[Cl-]. The molecular formula is C19H39Cl2N3O. The fourth-order valence-corrected chi connectivity index (χ4v) is 2.17. The Morgan fingerprint density at radius 1 is 1.00 bits per heavy atom. The second kappa shape index (κ2) is 16.6. The number of nitrogens with one attached hydrogen (secondary N) is 1. The zero-order chi connectivity index (χ0) is 18.5. The lowest BCUT2D eigenvalue weighted by molar-refractivity contribution is -0.895. The fourth-order valence-electron chi connectivity index (χ4n) is 2.17. The first-order valence-electron chi connectivity index (χ1n) is 8.29. The lowest BCUT2D eigenvalue weighted by Crippen LogP contribution is -3.00. The summed E-state index contributed by atoms with van der Waals surface area (Å²) >= 11 is 0. The molecule has 150 valence electrons. The van der Waals surface area contributed by atoms with Gasteiger partial charge in [-0.15, -0.1) is 0 Å². The van der Waals surface area contributed by atoms with Gasteiger partial charge in [-0.25, -0.2) is 0 Å². The first kappa shape index (κ1) is 31.9. The molecule has 0 aromatic rings. The zero-order valence-corrected chi connectivity index (χ0v) is 18.5. The number of nitrogens with zero attached hydrogens (tertiary/aromatic N) is 2. The number of amides is 1. The molecule has 1 atom stereocenters. The van der Waals surface area contributed by atoms with Crippen molar-refractivity contribution in [3.05, 3.63) is 38.0 Å². The van der Waals surface area contributed by atoms with Crippen molar-refractivity contribution in [1.29, 1.82) is 0 Å². The molecule has 0 aliphatic heterocycles. The Bertz CT molecular complexity index is 371. The number of hydrogen-bond donors (Lipinski definition) is 1. The molecule has 0 rings (SSSR count). The highest BCUT2D eigenvalue weighted by atomic mass is 35.5. The molecule has 0 aliphatic carbocycles. The van der Waals surface area contributed by atoms with Crippen molar-refractivity contribution in [3.63, 3.8) is 0 Å². The quantitative estimate of drug-likeness (QED) is 0.179. The maximum absolute atomic E-state index is 11.0. The standard InChI is InChI=1S/C11H22N2O.C8H16N.2ClH/c1-6-10(3)8-13(4,5)9-12-11(14)7-2;1-5-7-9(3,4)8-6-2;;/h7,10H,2,6,8-9H2,1,3-5H3;5-6H,1-2,7-8H2,3-4H3;2*1H/q;+1;;/p-1. The van der Waals surface area contributed by atoms with Crippen LogP contribution in [-0.4, -0.2) is 69.4 Å². The van der Waals surface area contributed by atoms with E-state index in [4.69, 9.17) is 0 Å². The second-order valence-corrected chi connectivity index (χ2v) is 7.41. The Labute approximate surface area is 168 Å². The number of quaternary nitrogens is 2. The van der Waals surface area contributed by atoms with Gasteiger partial charge in [-0.1, -0.05) is 33.6 Å². The lowest BCUT2D eigenvalue weighted by Gasteiger charge is -2.31. The predicted molar refractivity (Wildman–Crippen MR) is 102 cm³/mol. The molecule has 1 amide bonds. The third-order valence-corrected chi connectivity index (χ3v) is 3.62. The number of carbonyl (C=O) groups excluding carboxylic acids is 1. The van der Waals surface area contributed by atoms with Crippen LogP contribution in [0.4, 0.5) is 0 Å². The van der Waals surface area contributed by atoms with E-state index in [0.717, 1.165) is 28.6 Å². The highest BCUT2D eigenvalue weighted by Crippen LogP contribution is 2.07. The summed E-state index contributed by atoms with van der Waals surface area (Å²) in [5.41, 5.74) is 0. The maximum Gasteiger partial charge on any atom is 0.247 e. The molecule has 0 radical (unpaired) electrons. The average molecular weight is 396 g/mol. The molecule has 4 nitrogen and oxygen atoms in total. The van der Waals surface area contributed by atoms with Crippen LogP contribution in [0.5, 0.6) is 0 Å². The van der Waals surface area contributed by atoms with Gasteiger partial charge in [0.25, 0.3) is 0 Å². The van der Waals surface area contributed by atoms with Crippen LogP contribution in [0.3, 0.4) is 0 Å². The minimum Gasteiger partial charge on any atom is -1.00 e. The Morgan fingerprint density at radius 3 is 1.76 bits per heavy atom. The molecular weight excluding hydrogens is 357 g/mol. The topological polar surface area (TPSA) is 29.1 Å². The molecule has 0 aromatic heterocycles. The lowest BCUT2D eigenvalue weighted by atomic mass is 10.1. The molecule has 25 heavy (non-hydrogen) atoms. The Balaban J connectivity index is -0.000000177. The van der Waals surface area contributed by atoms with E-state index in [2.05, 4.69) is 67.1 Å². The van der Waals surface area contributed by atoms with Gasteiger partial charge in [0.1, 0.15) is 0 Å². The summed E-state index contributed by atoms with van der Waals surface area (Å²) in [6.45, 7) is 18.9. The van der Waals surface area contributed by atoms with Gasteiger partial charge in [0.2, 0.25) is 5.91 Å². The van der Waals surface area contributed by atoms with E-state index in [0.29, 0.717) is 12.6 Å². The number of rotatable bonds is 10. The molecule has 1 unspecified atom stereocenters. The van der Waals surface area contributed by atoms with Crippen molar-refractivity contribution in [2.24, 2.45) is 5.92 Å². The van der Waals surface area contributed by atoms with E-state index in [1.807, 2.05) is 12.2 Å². The largest absolute Gasteiger partial charge is 1.00 e. The van der Waals surface area contributed by atoms with Gasteiger partial charge in [-0.05, 0) is 24.6 Å². The van der Waals surface area contributed by atoms with Crippen LogP contribution in [0.1, 0.15) is 20.3 Å². The fraction of sp³-hybridized carbons (Fsp3) is 0.632. The number of carbonyl (C=O) groups is 1. The summed E-state index contributed by atoms with van der Waals surface area (Å²) in [5, 5.41) is 2.82. The normalized spacial score (nSPS) is 11.4. The van der Waals surface area contributed by atoms with E-state index in [1.165, 1.54) is 12.5 Å². The summed E-state index contributed by atoms with van der Waals surface area (Å²) in [5.74, 6) is 0.589. The van der Waals surface area contributed by atoms with Crippen molar-refractivity contribution in [3.8, 4) is 0 Å². The monoisotopic (exact) mass is 395 g/mol. The van der Waals surface area contributed by atoms with Crippen LogP contribution in [-0.2, 0) is 4.79 Å². The Kier molecular flexibility index (Phi) is 21.3. The molecule has 0 aliphatic rings. The van der Waals surface area contributed by atoms with Crippen molar-refractivity contribution in [2.45, 2.75) is 20.3 Å². The Morgan fingerprint density at radius 2 is 1.44 bits per heavy atom. The highest BCUT2D eigenvalue weighted by molar-refractivity contribution is 5.86. The molecule has 0 fully saturated rings. The van der Waals surface area contributed by atoms with E-state index < -0.39 is 0 Å². The van der Waals surface area contributed by atoms with Crippen LogP contribution < -0.4 is 30.1 Å². The predicted octanol–water partition coefficient (Wildman–Crippen LogP) is -3.19. The summed E-state index contributed by atoms with van der Waals surface area (Å²) < 4.78 is 1.77. The number of hydrogen-bond acceptors (Lipinski definition) is 1. The van der Waals surface area contributed by atoms with Gasteiger partial charge in [0.15, 0.2) is 6.67 Å². The second-order valence-electron chi connectivity index (χ2n) is 7.41. The van der Waals surface area contributed by atoms with E-state index in [1.54, 1.807) is 0 Å². The number of likely N-dealkylation sites (N-methyl/N-ethyl adjacent to an activating group) is 1. The van der Waals surface area contributed by atoms with E-state index in [-0.39, 0.29) is 30.7 Å². The van der Waals surface area contributed by atoms with Crippen LogP contribution in [0.15, 0.2) is 38.0 Å². The molecule has 0 aromatic carbocycles. The van der Waals surface area contributed by atoms with Crippen molar-refractivity contribution >= 4 is 5.91 Å². The van der Waals surface area contributed by atoms with Crippen molar-refractivity contribution in [2.75, 3.05) is 54.5 Å². The van der Waals surface area contributed by atoms with E-state index in [9.17, 15) is 4.79 Å². The molecule has 0 heterocycles. The molecule has 6 heteroatoms. The van der Waals surface area contributed by atoms with Crippen LogP contribution in [0.2, 0.25) is 0 Å². The summed E-state index contributed by atoms with van der Waals surface area (Å²) in [6.07, 6.45) is 6.35. The first-order valence-corrected chi connectivity index (χ1v) is 8.29. The smallest absolute Gasteiger partial charge is 0.247 e. The van der Waals surface area contributed by atoms with Crippen LogP contribution in [0.25, 0.3) is 0 Å². The van der Waals surface area contributed by atoms with Gasteiger partial charge < -0.3 is 39.1 Å². The third-order valence-electron chi connectivity index (χ3n) is 3.62. The van der Waals surface area contributed by atoms with Gasteiger partial charge in [0.05, 0.1) is 47.8 Å². The minimum atomic E-state index is -0.0969. The Hall–Kier alpha value is -0.810. The molecule has 0 spiro atoms. The van der Waals surface area contributed by atoms with Gasteiger partial charge >= 0.3 is 0 Å². The van der Waals surface area contributed by atoms with Crippen molar-refractivity contribution in [1.82, 2.24) is 5.32 Å². The van der Waals surface area contributed by atoms with Crippen LogP contribution >= 0.6 is 0 Å². The molecule has 0 saturated heterocycles.